The van der Waals surface area contributed by atoms with Gasteiger partial charge in [-0.05, 0) is 62.0 Å². The summed E-state index contributed by atoms with van der Waals surface area (Å²) in [5, 5.41) is 13.2. The second kappa shape index (κ2) is 9.40. The van der Waals surface area contributed by atoms with Crippen LogP contribution in [0.4, 0.5) is 17.1 Å². The van der Waals surface area contributed by atoms with Gasteiger partial charge in [-0.15, -0.1) is 0 Å². The largest absolute Gasteiger partial charge is 0.335 e. The molecule has 0 atom stereocenters. The zero-order chi connectivity index (χ0) is 22.8. The fraction of sp³-hybridized carbons (Fsp3) is 0.182. The van der Waals surface area contributed by atoms with E-state index < -0.39 is 4.92 Å². The van der Waals surface area contributed by atoms with Crippen molar-refractivity contribution < 1.29 is 9.72 Å². The number of non-ortho nitro benzene ring substituents is 1. The summed E-state index contributed by atoms with van der Waals surface area (Å²) in [7, 11) is 0. The average Bonchev–Trinajstić information content (AvgIpc) is 3.27. The normalized spacial score (nSPS) is 19.5. The number of fused-ring (bicyclic) bond motifs is 1. The van der Waals surface area contributed by atoms with Crippen LogP contribution in [0.2, 0.25) is 5.02 Å². The molecule has 32 heavy (non-hydrogen) atoms. The summed E-state index contributed by atoms with van der Waals surface area (Å²) in [6.45, 7) is 5.16. The number of carbonyl (C=O) groups is 1. The number of aliphatic imine (C=N–C) groups is 1. The Hall–Kier alpha value is -2.75. The molecule has 2 aliphatic rings. The van der Waals surface area contributed by atoms with Crippen molar-refractivity contribution in [2.24, 2.45) is 4.99 Å². The lowest BCUT2D eigenvalue weighted by Gasteiger charge is -2.17. The number of likely N-dealkylation sites (N-methyl/N-ethyl adjacent to an activating group) is 1. The lowest BCUT2D eigenvalue weighted by molar-refractivity contribution is -0.384. The van der Waals surface area contributed by atoms with Gasteiger partial charge in [0.1, 0.15) is 0 Å². The number of nitrogens with zero attached hydrogens (tertiary/aromatic N) is 4. The van der Waals surface area contributed by atoms with Gasteiger partial charge in [0.05, 0.1) is 26.2 Å². The number of benzene rings is 2. The Labute approximate surface area is 199 Å². The van der Waals surface area contributed by atoms with Gasteiger partial charge in [-0.25, -0.2) is 4.99 Å². The molecule has 0 radical (unpaired) electrons. The van der Waals surface area contributed by atoms with Crippen LogP contribution in [0.15, 0.2) is 74.4 Å². The molecule has 2 aliphatic heterocycles. The lowest BCUT2D eigenvalue weighted by atomic mass is 10.3. The van der Waals surface area contributed by atoms with Crippen LogP contribution < -0.4 is 4.90 Å². The summed E-state index contributed by atoms with van der Waals surface area (Å²) in [6, 6.07) is 11.9. The summed E-state index contributed by atoms with van der Waals surface area (Å²) in [5.41, 5.74) is 1.45. The summed E-state index contributed by atoms with van der Waals surface area (Å²) < 4.78 is 0. The van der Waals surface area contributed by atoms with Crippen LogP contribution in [-0.4, -0.2) is 34.0 Å². The van der Waals surface area contributed by atoms with Crippen molar-refractivity contribution in [3.63, 3.8) is 0 Å². The van der Waals surface area contributed by atoms with Crippen molar-refractivity contribution in [2.75, 3.05) is 18.0 Å². The van der Waals surface area contributed by atoms with Crippen LogP contribution in [0.1, 0.15) is 13.8 Å². The van der Waals surface area contributed by atoms with Crippen LogP contribution in [0, 0.1) is 10.1 Å². The Kier molecular flexibility index (Phi) is 6.59. The van der Waals surface area contributed by atoms with Crippen molar-refractivity contribution in [2.45, 2.75) is 18.7 Å². The Morgan fingerprint density at radius 3 is 2.59 bits per heavy atom. The Bertz CT molecular complexity index is 1200. The van der Waals surface area contributed by atoms with Crippen LogP contribution in [-0.2, 0) is 4.79 Å². The third-order valence-corrected chi connectivity index (χ3v) is 7.25. The van der Waals surface area contributed by atoms with E-state index in [2.05, 4.69) is 16.8 Å². The number of carbonyl (C=O) groups excluding carboxylic acids is 1. The first-order valence-corrected chi connectivity index (χ1v) is 11.9. The predicted octanol–water partition coefficient (Wildman–Crippen LogP) is 6.19. The predicted molar refractivity (Wildman–Crippen MR) is 132 cm³/mol. The molecule has 0 spiro atoms. The number of nitro benzene ring substituents is 1. The fourth-order valence-corrected chi connectivity index (χ4v) is 5.62. The molecule has 2 aromatic carbocycles. The van der Waals surface area contributed by atoms with Crippen molar-refractivity contribution in [1.82, 2.24) is 4.90 Å². The smallest absolute Gasteiger partial charge is 0.271 e. The molecule has 0 unspecified atom stereocenters. The van der Waals surface area contributed by atoms with Crippen molar-refractivity contribution >= 4 is 63.3 Å². The molecule has 1 amide bonds. The average molecular weight is 487 g/mol. The Morgan fingerprint density at radius 1 is 1.09 bits per heavy atom. The van der Waals surface area contributed by atoms with Gasteiger partial charge >= 0.3 is 0 Å². The highest BCUT2D eigenvalue weighted by Gasteiger charge is 2.32. The van der Waals surface area contributed by atoms with Gasteiger partial charge in [-0.1, -0.05) is 29.4 Å². The van der Waals surface area contributed by atoms with Gasteiger partial charge in [-0.2, -0.15) is 0 Å². The molecule has 0 aliphatic carbocycles. The summed E-state index contributed by atoms with van der Waals surface area (Å²) in [4.78, 5) is 33.4. The second-order valence-corrected chi connectivity index (χ2v) is 9.32. The molecule has 2 aromatic rings. The molecule has 164 valence electrons. The third kappa shape index (κ3) is 4.41. The van der Waals surface area contributed by atoms with E-state index in [-0.39, 0.29) is 11.6 Å². The number of amidine groups is 1. The Balaban J connectivity index is 1.62. The minimum Gasteiger partial charge on any atom is -0.335 e. The molecule has 0 bridgehead atoms. The van der Waals surface area contributed by atoms with Gasteiger partial charge in [-0.3, -0.25) is 19.8 Å². The molecule has 2 heterocycles. The number of anilines is 1. The van der Waals surface area contributed by atoms with Crippen LogP contribution >= 0.6 is 35.1 Å². The minimum atomic E-state index is -0.463. The monoisotopic (exact) mass is 486 g/mol. The van der Waals surface area contributed by atoms with E-state index in [9.17, 15) is 14.9 Å². The summed E-state index contributed by atoms with van der Waals surface area (Å²) in [5.74, 6) is -0.134. The van der Waals surface area contributed by atoms with Crippen LogP contribution in [0.3, 0.4) is 0 Å². The van der Waals surface area contributed by atoms with Gasteiger partial charge < -0.3 is 4.90 Å². The van der Waals surface area contributed by atoms with E-state index in [4.69, 9.17) is 11.6 Å². The van der Waals surface area contributed by atoms with E-state index in [0.717, 1.165) is 22.2 Å². The van der Waals surface area contributed by atoms with E-state index in [1.807, 2.05) is 37.3 Å². The highest BCUT2D eigenvalue weighted by molar-refractivity contribution is 8.18. The van der Waals surface area contributed by atoms with E-state index in [0.29, 0.717) is 27.3 Å². The first-order chi connectivity index (χ1) is 15.4. The maximum absolute atomic E-state index is 12.9. The maximum Gasteiger partial charge on any atom is 0.271 e. The number of hydrogen-bond donors (Lipinski definition) is 0. The first-order valence-electron chi connectivity index (χ1n) is 9.91. The number of halogens is 1. The number of amides is 1. The zero-order valence-electron chi connectivity index (χ0n) is 17.3. The van der Waals surface area contributed by atoms with Crippen LogP contribution in [0.5, 0.6) is 0 Å². The molecule has 7 nitrogen and oxygen atoms in total. The first kappa shape index (κ1) is 22.4. The zero-order valence-corrected chi connectivity index (χ0v) is 19.7. The minimum absolute atomic E-state index is 0.0395. The molecule has 0 aromatic heterocycles. The molecule has 1 saturated heterocycles. The number of allylic oxidation sites excluding steroid dienone is 2. The molecule has 0 saturated carbocycles. The second-order valence-electron chi connectivity index (χ2n) is 6.82. The van der Waals surface area contributed by atoms with E-state index >= 15 is 0 Å². The molecular weight excluding hydrogens is 468 g/mol. The summed E-state index contributed by atoms with van der Waals surface area (Å²) >= 11 is 9.06. The molecule has 10 heteroatoms. The van der Waals surface area contributed by atoms with Gasteiger partial charge in [0.2, 0.25) is 0 Å². The van der Waals surface area contributed by atoms with Gasteiger partial charge in [0.25, 0.3) is 11.6 Å². The fourth-order valence-electron chi connectivity index (χ4n) is 3.34. The number of thioether (sulfide) groups is 2. The third-order valence-electron chi connectivity index (χ3n) is 4.86. The standard InChI is InChI=1S/C22H19ClN4O3S2/c1-3-25-17-12-14(23)8-9-18(17)31-20(25)11-10-19-21(28)26(4-2)22(32-19)24-15-6-5-7-16(13-15)27(29)30/h5-13H,3-4H2,1-2H3. The SMILES string of the molecule is CCN1C(=O)C(=CC=C2Sc3ccc(Cl)cc3N2CC)SC1=Nc1cccc([N+](=O)[O-])c1. The highest BCUT2D eigenvalue weighted by Crippen LogP contribution is 2.47. The number of hydrogen-bond acceptors (Lipinski definition) is 7. The van der Waals surface area contributed by atoms with E-state index in [1.54, 1.807) is 28.8 Å². The molecule has 4 rings (SSSR count). The quantitative estimate of drug-likeness (QED) is 0.285. The van der Waals surface area contributed by atoms with Crippen molar-refractivity contribution in [3.05, 3.63) is 79.7 Å². The topological polar surface area (TPSA) is 79.0 Å². The van der Waals surface area contributed by atoms with Crippen molar-refractivity contribution in [1.29, 1.82) is 0 Å². The summed E-state index contributed by atoms with van der Waals surface area (Å²) in [6.07, 6.45) is 3.75. The highest BCUT2D eigenvalue weighted by atomic mass is 35.5. The lowest BCUT2D eigenvalue weighted by Crippen LogP contribution is -2.28. The molecular formula is C22H19ClN4O3S2. The van der Waals surface area contributed by atoms with Crippen LogP contribution in [0.25, 0.3) is 0 Å². The Morgan fingerprint density at radius 2 is 1.88 bits per heavy atom. The number of rotatable bonds is 5. The van der Waals surface area contributed by atoms with Gasteiger partial charge in [0.15, 0.2) is 5.17 Å². The molecule has 1 fully saturated rings. The number of nitro groups is 1. The van der Waals surface area contributed by atoms with Crippen molar-refractivity contribution in [3.8, 4) is 0 Å². The molecule has 0 N–H and O–H groups in total. The van der Waals surface area contributed by atoms with Gasteiger partial charge in [0, 0.05) is 35.1 Å². The maximum atomic E-state index is 12.9. The van der Waals surface area contributed by atoms with E-state index in [1.165, 1.54) is 23.9 Å².